The van der Waals surface area contributed by atoms with E-state index in [0.717, 1.165) is 38.5 Å². The second-order valence-corrected chi connectivity index (χ2v) is 7.22. The maximum Gasteiger partial charge on any atom is 0.303 e. The van der Waals surface area contributed by atoms with Crippen LogP contribution in [0.4, 0.5) is 4.39 Å². The summed E-state index contributed by atoms with van der Waals surface area (Å²) in [5.74, 6) is -0.528. The fraction of sp³-hybridized carbons (Fsp3) is 0.750. The molecule has 6 heteroatoms. The fourth-order valence-electron chi connectivity index (χ4n) is 3.84. The molecule has 0 aromatic heterocycles. The van der Waals surface area contributed by atoms with Crippen molar-refractivity contribution in [3.8, 4) is 0 Å². The molecule has 1 saturated heterocycles. The van der Waals surface area contributed by atoms with Gasteiger partial charge in [-0.05, 0) is 44.1 Å². The summed E-state index contributed by atoms with van der Waals surface area (Å²) in [5.41, 5.74) is 0. The van der Waals surface area contributed by atoms with Crippen molar-refractivity contribution in [2.24, 2.45) is 11.8 Å². The second-order valence-electron chi connectivity index (χ2n) is 7.22. The van der Waals surface area contributed by atoms with Gasteiger partial charge in [0.15, 0.2) is 6.17 Å². The zero-order valence-corrected chi connectivity index (χ0v) is 18.1. The van der Waals surface area contributed by atoms with Crippen LogP contribution in [0.1, 0.15) is 64.7 Å². The van der Waals surface area contributed by atoms with Crippen molar-refractivity contribution >= 4 is 35.5 Å². The molecule has 1 saturated carbocycles. The number of carboxylic acid groups (broad SMARTS) is 1. The Morgan fingerprint density at radius 2 is 2.12 bits per heavy atom. The molecule has 5 atom stereocenters. The van der Waals surface area contributed by atoms with E-state index < -0.39 is 18.2 Å². The van der Waals surface area contributed by atoms with E-state index in [0.29, 0.717) is 18.6 Å². The van der Waals surface area contributed by atoms with Gasteiger partial charge in [0.05, 0.1) is 6.10 Å². The zero-order valence-electron chi connectivity index (χ0n) is 16.1. The summed E-state index contributed by atoms with van der Waals surface area (Å²) in [4.78, 5) is 10.5. The number of halogens is 1. The van der Waals surface area contributed by atoms with E-state index in [-0.39, 0.29) is 53.9 Å². The van der Waals surface area contributed by atoms with Crippen molar-refractivity contribution in [2.45, 2.75) is 83.1 Å². The van der Waals surface area contributed by atoms with Gasteiger partial charge < -0.3 is 14.9 Å². The molecule has 2 fully saturated rings. The standard InChI is InChI=1S/C20H31FO4.Na/c1-2-3-4-7-15(22)12-10-14-11-13-16-19(14)20(21)17(25-16)8-5-6-9-18(23)24;/h8,10,12,14-16,19-20,22H,2-7,9,11,13H2,1H3,(H,23,24);/t14-,15-,16-,19+,20?;/m0./s1. The normalized spacial score (nSPS) is 30.2. The Balaban J connectivity index is 0.00000338. The van der Waals surface area contributed by atoms with Gasteiger partial charge in [-0.15, -0.1) is 0 Å². The van der Waals surface area contributed by atoms with Crippen molar-refractivity contribution in [1.29, 1.82) is 0 Å². The van der Waals surface area contributed by atoms with Crippen LogP contribution in [0.2, 0.25) is 0 Å². The Morgan fingerprint density at radius 1 is 1.35 bits per heavy atom. The molecule has 0 bridgehead atoms. The molecule has 1 heterocycles. The number of hydrogen-bond donors (Lipinski definition) is 2. The Bertz CT molecular complexity index is 494. The van der Waals surface area contributed by atoms with Gasteiger partial charge in [-0.25, -0.2) is 4.39 Å². The van der Waals surface area contributed by atoms with Crippen molar-refractivity contribution in [3.63, 3.8) is 0 Å². The maximum absolute atomic E-state index is 14.7. The number of carbonyl (C=O) groups is 1. The Hall–Kier alpha value is -0.360. The molecule has 1 aliphatic heterocycles. The molecule has 26 heavy (non-hydrogen) atoms. The minimum Gasteiger partial charge on any atom is -0.492 e. The molecule has 0 aromatic rings. The van der Waals surface area contributed by atoms with Crippen LogP contribution in [0.3, 0.4) is 0 Å². The maximum atomic E-state index is 14.7. The second kappa shape index (κ2) is 12.2. The SMILES string of the molecule is CCCCC[C@H](O)C=C[C@H]1CC[C@@H]2OC(=CCCCC(=O)O)C(F)[C@@H]21.[Na]. The average molecular weight is 377 g/mol. The molecule has 2 rings (SSSR count). The third kappa shape index (κ3) is 6.99. The molecule has 2 aliphatic rings. The average Bonchev–Trinajstić information content (AvgIpc) is 3.10. The van der Waals surface area contributed by atoms with E-state index in [1.807, 2.05) is 12.2 Å². The van der Waals surface area contributed by atoms with E-state index in [9.17, 15) is 14.3 Å². The number of aliphatic hydroxyl groups excluding tert-OH is 1. The summed E-state index contributed by atoms with van der Waals surface area (Å²) in [6.07, 6.45) is 10.7. The van der Waals surface area contributed by atoms with E-state index in [4.69, 9.17) is 9.84 Å². The first-order chi connectivity index (χ1) is 12.0. The molecule has 4 nitrogen and oxygen atoms in total. The number of aliphatic hydroxyl groups is 1. The van der Waals surface area contributed by atoms with Gasteiger partial charge in [0.2, 0.25) is 0 Å². The number of hydrogen-bond acceptors (Lipinski definition) is 3. The summed E-state index contributed by atoms with van der Waals surface area (Å²) >= 11 is 0. The van der Waals surface area contributed by atoms with Crippen LogP contribution in [0.5, 0.6) is 0 Å². The number of rotatable bonds is 10. The Labute approximate surface area is 178 Å². The third-order valence-corrected chi connectivity index (χ3v) is 5.23. The fourth-order valence-corrected chi connectivity index (χ4v) is 3.84. The van der Waals surface area contributed by atoms with Crippen LogP contribution in [0.15, 0.2) is 24.0 Å². The quantitative estimate of drug-likeness (QED) is 0.343. The summed E-state index contributed by atoms with van der Waals surface area (Å²) in [7, 11) is 0. The van der Waals surface area contributed by atoms with Crippen molar-refractivity contribution < 1.29 is 24.1 Å². The van der Waals surface area contributed by atoms with Crippen LogP contribution < -0.4 is 0 Å². The molecule has 143 valence electrons. The number of allylic oxidation sites excluding steroid dienone is 3. The number of fused-ring (bicyclic) bond motifs is 1. The molecule has 1 unspecified atom stereocenters. The van der Waals surface area contributed by atoms with Crippen LogP contribution >= 0.6 is 0 Å². The molecule has 1 radical (unpaired) electrons. The van der Waals surface area contributed by atoms with Gasteiger partial charge in [-0.3, -0.25) is 4.79 Å². The number of ether oxygens (including phenoxy) is 1. The van der Waals surface area contributed by atoms with Gasteiger partial charge in [-0.1, -0.05) is 38.3 Å². The summed E-state index contributed by atoms with van der Waals surface area (Å²) in [6, 6.07) is 0. The number of aliphatic carboxylic acids is 1. The van der Waals surface area contributed by atoms with Gasteiger partial charge in [0.1, 0.15) is 11.9 Å². The topological polar surface area (TPSA) is 66.8 Å². The first kappa shape index (κ1) is 23.7. The largest absolute Gasteiger partial charge is 0.492 e. The first-order valence-corrected chi connectivity index (χ1v) is 9.61. The van der Waals surface area contributed by atoms with Gasteiger partial charge in [0.25, 0.3) is 0 Å². The predicted octanol–water partition coefficient (Wildman–Crippen LogP) is 4.00. The summed E-state index contributed by atoms with van der Waals surface area (Å²) < 4.78 is 20.5. The van der Waals surface area contributed by atoms with Gasteiger partial charge >= 0.3 is 5.97 Å². The van der Waals surface area contributed by atoms with Crippen molar-refractivity contribution in [2.75, 3.05) is 0 Å². The van der Waals surface area contributed by atoms with Crippen molar-refractivity contribution in [3.05, 3.63) is 24.0 Å². The molecule has 2 N–H and O–H groups in total. The van der Waals surface area contributed by atoms with Crippen LogP contribution in [-0.4, -0.2) is 64.1 Å². The predicted molar refractivity (Wildman–Crippen MR) is 101 cm³/mol. The molecule has 1 aliphatic carbocycles. The van der Waals surface area contributed by atoms with E-state index in [2.05, 4.69) is 6.92 Å². The van der Waals surface area contributed by atoms with Crippen molar-refractivity contribution in [1.82, 2.24) is 0 Å². The molecule has 0 amide bonds. The number of unbranched alkanes of at least 4 members (excludes halogenated alkanes) is 3. The van der Waals surface area contributed by atoms with E-state index in [1.54, 1.807) is 6.08 Å². The van der Waals surface area contributed by atoms with Gasteiger partial charge in [-0.2, -0.15) is 0 Å². The Morgan fingerprint density at radius 3 is 2.81 bits per heavy atom. The van der Waals surface area contributed by atoms with Crippen LogP contribution in [-0.2, 0) is 9.53 Å². The van der Waals surface area contributed by atoms with E-state index >= 15 is 0 Å². The van der Waals surface area contributed by atoms with E-state index in [1.165, 1.54) is 0 Å². The Kier molecular flexibility index (Phi) is 11.1. The smallest absolute Gasteiger partial charge is 0.303 e. The minimum absolute atomic E-state index is 0. The van der Waals surface area contributed by atoms with Gasteiger partial charge in [0, 0.05) is 41.9 Å². The first-order valence-electron chi connectivity index (χ1n) is 9.61. The molecule has 0 spiro atoms. The number of carboxylic acids is 1. The number of alkyl halides is 1. The summed E-state index contributed by atoms with van der Waals surface area (Å²) in [5, 5.41) is 18.7. The van der Waals surface area contributed by atoms with Crippen LogP contribution in [0, 0.1) is 11.8 Å². The third-order valence-electron chi connectivity index (χ3n) is 5.23. The monoisotopic (exact) mass is 377 g/mol. The zero-order chi connectivity index (χ0) is 18.2. The molecular formula is C20H31FNaO4. The minimum atomic E-state index is -1.12. The molecule has 0 aromatic carbocycles. The van der Waals surface area contributed by atoms with Crippen LogP contribution in [0.25, 0.3) is 0 Å². The summed E-state index contributed by atoms with van der Waals surface area (Å²) in [6.45, 7) is 2.13. The molecular weight excluding hydrogens is 346 g/mol.